The summed E-state index contributed by atoms with van der Waals surface area (Å²) in [7, 11) is 0. The number of esters is 1. The summed E-state index contributed by atoms with van der Waals surface area (Å²) in [5.41, 5.74) is 5.78. The Kier molecular flexibility index (Phi) is 5.44. The van der Waals surface area contributed by atoms with Crippen LogP contribution in [0.4, 0.5) is 5.88 Å². The van der Waals surface area contributed by atoms with E-state index < -0.39 is 18.5 Å². The van der Waals surface area contributed by atoms with E-state index >= 15 is 0 Å². The number of aromatic nitrogens is 3. The van der Waals surface area contributed by atoms with Gasteiger partial charge in [0.25, 0.3) is 5.91 Å². The highest BCUT2D eigenvalue weighted by molar-refractivity contribution is 5.96. The molecule has 31 heavy (non-hydrogen) atoms. The number of rotatable bonds is 5. The number of anilines is 1. The van der Waals surface area contributed by atoms with Crippen molar-refractivity contribution in [2.24, 2.45) is 0 Å². The van der Waals surface area contributed by atoms with E-state index in [-0.39, 0.29) is 5.88 Å². The van der Waals surface area contributed by atoms with Gasteiger partial charge in [0.1, 0.15) is 5.69 Å². The number of nitrogens with zero attached hydrogens (tertiary/aromatic N) is 3. The number of hydrogen-bond acceptors (Lipinski definition) is 7. The Morgan fingerprint density at radius 2 is 1.65 bits per heavy atom. The van der Waals surface area contributed by atoms with E-state index in [2.05, 4.69) is 20.4 Å². The second-order valence-electron chi connectivity index (χ2n) is 7.16. The lowest BCUT2D eigenvalue weighted by Gasteiger charge is -2.06. The molecule has 0 bridgehead atoms. The van der Waals surface area contributed by atoms with Crippen LogP contribution in [0.5, 0.6) is 0 Å². The molecule has 0 radical (unpaired) electrons. The second-order valence-corrected chi connectivity index (χ2v) is 7.16. The van der Waals surface area contributed by atoms with E-state index in [4.69, 9.17) is 9.26 Å². The number of benzene rings is 2. The number of ether oxygens (including phenoxy) is 1. The fourth-order valence-electron chi connectivity index (χ4n) is 2.94. The number of carbonyl (C=O) groups excluding carboxylic acids is 2. The van der Waals surface area contributed by atoms with Crippen molar-refractivity contribution in [1.82, 2.24) is 15.1 Å². The summed E-state index contributed by atoms with van der Waals surface area (Å²) in [5.74, 6) is -0.995. The van der Waals surface area contributed by atoms with Gasteiger partial charge in [-0.1, -0.05) is 35.0 Å². The molecule has 156 valence electrons. The minimum atomic E-state index is -0.630. The van der Waals surface area contributed by atoms with E-state index in [0.717, 1.165) is 22.5 Å². The zero-order valence-electron chi connectivity index (χ0n) is 17.3. The lowest BCUT2D eigenvalue weighted by molar-refractivity contribution is -0.119. The van der Waals surface area contributed by atoms with Crippen molar-refractivity contribution >= 4 is 28.8 Å². The Bertz CT molecular complexity index is 1280. The normalized spacial score (nSPS) is 10.8. The van der Waals surface area contributed by atoms with E-state index in [1.54, 1.807) is 24.3 Å². The van der Waals surface area contributed by atoms with Crippen molar-refractivity contribution in [3.05, 3.63) is 71.0 Å². The zero-order valence-corrected chi connectivity index (χ0v) is 17.3. The Morgan fingerprint density at radius 3 is 2.39 bits per heavy atom. The maximum atomic E-state index is 12.3. The molecular weight excluding hydrogens is 396 g/mol. The minimum absolute atomic E-state index is 0.170. The summed E-state index contributed by atoms with van der Waals surface area (Å²) >= 11 is 0. The van der Waals surface area contributed by atoms with Crippen LogP contribution < -0.4 is 5.32 Å². The third-order valence-electron chi connectivity index (χ3n) is 4.77. The highest BCUT2D eigenvalue weighted by atomic mass is 16.5. The Morgan fingerprint density at radius 1 is 0.935 bits per heavy atom. The third kappa shape index (κ3) is 4.58. The SMILES string of the molecule is Cc1ccc(-c2cc(NC(=O)COC(=O)c3ccc4nc(C)c(C)nc4c3)on2)cc1. The Labute approximate surface area is 178 Å². The molecule has 4 aromatic rings. The van der Waals surface area contributed by atoms with Gasteiger partial charge in [0, 0.05) is 11.6 Å². The maximum absolute atomic E-state index is 12.3. The first-order valence-corrected chi connectivity index (χ1v) is 9.65. The number of amides is 1. The van der Waals surface area contributed by atoms with Crippen molar-refractivity contribution < 1.29 is 18.8 Å². The summed E-state index contributed by atoms with van der Waals surface area (Å²) in [6.07, 6.45) is 0. The van der Waals surface area contributed by atoms with Gasteiger partial charge in [-0.15, -0.1) is 0 Å². The van der Waals surface area contributed by atoms with E-state index in [9.17, 15) is 9.59 Å². The van der Waals surface area contributed by atoms with Crippen molar-refractivity contribution in [3.8, 4) is 11.3 Å². The molecule has 2 heterocycles. The van der Waals surface area contributed by atoms with Crippen LogP contribution in [0.2, 0.25) is 0 Å². The molecule has 8 nitrogen and oxygen atoms in total. The molecule has 2 aromatic heterocycles. The van der Waals surface area contributed by atoms with Crippen molar-refractivity contribution in [2.75, 3.05) is 11.9 Å². The predicted octanol–water partition coefficient (Wildman–Crippen LogP) is 4.01. The van der Waals surface area contributed by atoms with Crippen molar-refractivity contribution in [2.45, 2.75) is 20.8 Å². The highest BCUT2D eigenvalue weighted by Crippen LogP contribution is 2.22. The van der Waals surface area contributed by atoms with Crippen LogP contribution in [0.15, 0.2) is 53.1 Å². The van der Waals surface area contributed by atoms with Crippen LogP contribution in [0, 0.1) is 20.8 Å². The highest BCUT2D eigenvalue weighted by Gasteiger charge is 2.14. The molecule has 0 spiro atoms. The number of aryl methyl sites for hydroxylation is 3. The van der Waals surface area contributed by atoms with Gasteiger partial charge in [-0.05, 0) is 39.0 Å². The summed E-state index contributed by atoms with van der Waals surface area (Å²) < 4.78 is 10.3. The molecule has 0 saturated carbocycles. The molecule has 0 saturated heterocycles. The Hall–Kier alpha value is -4.07. The third-order valence-corrected chi connectivity index (χ3v) is 4.77. The first-order valence-electron chi connectivity index (χ1n) is 9.65. The number of carbonyl (C=O) groups is 2. The maximum Gasteiger partial charge on any atom is 0.338 e. The number of nitrogens with one attached hydrogen (secondary N) is 1. The van der Waals surface area contributed by atoms with Gasteiger partial charge in [-0.3, -0.25) is 10.1 Å². The molecule has 1 N–H and O–H groups in total. The molecule has 0 atom stereocenters. The van der Waals surface area contributed by atoms with Gasteiger partial charge >= 0.3 is 5.97 Å². The molecule has 0 unspecified atom stereocenters. The van der Waals surface area contributed by atoms with Gasteiger partial charge in [-0.2, -0.15) is 0 Å². The minimum Gasteiger partial charge on any atom is -0.452 e. The van der Waals surface area contributed by atoms with Crippen LogP contribution in [0.1, 0.15) is 27.3 Å². The summed E-state index contributed by atoms with van der Waals surface area (Å²) in [5, 5.41) is 6.47. The van der Waals surface area contributed by atoms with E-state index in [1.807, 2.05) is 45.0 Å². The molecule has 8 heteroatoms. The quantitative estimate of drug-likeness (QED) is 0.490. The summed E-state index contributed by atoms with van der Waals surface area (Å²) in [6, 6.07) is 14.2. The smallest absolute Gasteiger partial charge is 0.338 e. The zero-order chi connectivity index (χ0) is 22.0. The molecule has 0 fully saturated rings. The monoisotopic (exact) mass is 416 g/mol. The molecule has 1 amide bonds. The van der Waals surface area contributed by atoms with Crippen LogP contribution in [-0.2, 0) is 9.53 Å². The Balaban J connectivity index is 1.36. The first-order chi connectivity index (χ1) is 14.9. The average Bonchev–Trinajstić information content (AvgIpc) is 3.21. The second kappa shape index (κ2) is 8.35. The molecule has 4 rings (SSSR count). The largest absolute Gasteiger partial charge is 0.452 e. The molecular formula is C23H20N4O4. The van der Waals surface area contributed by atoms with Crippen molar-refractivity contribution in [3.63, 3.8) is 0 Å². The fourth-order valence-corrected chi connectivity index (χ4v) is 2.94. The van der Waals surface area contributed by atoms with E-state index in [0.29, 0.717) is 22.3 Å². The van der Waals surface area contributed by atoms with Crippen LogP contribution >= 0.6 is 0 Å². The fraction of sp³-hybridized carbons (Fsp3) is 0.174. The van der Waals surface area contributed by atoms with Crippen LogP contribution in [0.25, 0.3) is 22.3 Å². The topological polar surface area (TPSA) is 107 Å². The lowest BCUT2D eigenvalue weighted by Crippen LogP contribution is -2.20. The first kappa shape index (κ1) is 20.2. The van der Waals surface area contributed by atoms with Gasteiger partial charge in [0.05, 0.1) is 28.0 Å². The van der Waals surface area contributed by atoms with Crippen molar-refractivity contribution in [1.29, 1.82) is 0 Å². The average molecular weight is 416 g/mol. The number of hydrogen-bond donors (Lipinski definition) is 1. The van der Waals surface area contributed by atoms with Gasteiger partial charge in [0.15, 0.2) is 6.61 Å². The van der Waals surface area contributed by atoms with Crippen LogP contribution in [0.3, 0.4) is 0 Å². The van der Waals surface area contributed by atoms with Gasteiger partial charge in [-0.25, -0.2) is 14.8 Å². The molecule has 0 aliphatic rings. The predicted molar refractivity (Wildman–Crippen MR) is 115 cm³/mol. The summed E-state index contributed by atoms with van der Waals surface area (Å²) in [4.78, 5) is 33.3. The lowest BCUT2D eigenvalue weighted by atomic mass is 10.1. The van der Waals surface area contributed by atoms with Gasteiger partial charge in [0.2, 0.25) is 5.88 Å². The molecule has 0 aliphatic carbocycles. The molecule has 0 aliphatic heterocycles. The van der Waals surface area contributed by atoms with Gasteiger partial charge < -0.3 is 9.26 Å². The number of fused-ring (bicyclic) bond motifs is 1. The standard InChI is InChI=1S/C23H20N4O4/c1-13-4-6-16(7-5-13)19-11-22(31-27-19)26-21(28)12-30-23(29)17-8-9-18-20(10-17)25-15(3)14(2)24-18/h4-11H,12H2,1-3H3,(H,26,28). The molecule has 2 aromatic carbocycles. The summed E-state index contributed by atoms with van der Waals surface area (Å²) in [6.45, 7) is 5.26. The van der Waals surface area contributed by atoms with Crippen LogP contribution in [-0.4, -0.2) is 33.6 Å². The van der Waals surface area contributed by atoms with E-state index in [1.165, 1.54) is 0 Å².